The molecule has 1 aromatic heterocycles. The molecule has 0 aliphatic rings. The van der Waals surface area contributed by atoms with E-state index in [0.717, 1.165) is 0 Å². The lowest BCUT2D eigenvalue weighted by molar-refractivity contribution is 0.366. The van der Waals surface area contributed by atoms with Crippen LogP contribution < -0.4 is 0 Å². The number of hydrogen-bond donors (Lipinski definition) is 0. The molecule has 0 fully saturated rings. The Morgan fingerprint density at radius 2 is 0.500 bits per heavy atom. The van der Waals surface area contributed by atoms with Crippen molar-refractivity contribution in [2.45, 2.75) is 0 Å². The fraction of sp³-hybridized carbons (Fsp3) is 0. The first-order chi connectivity index (χ1) is 11.0. The molecule has 1 heterocycles. The number of nitrogens with zero attached hydrogens (tertiary/aromatic N) is 1. The van der Waals surface area contributed by atoms with E-state index in [1.165, 1.54) is 0 Å². The van der Waals surface area contributed by atoms with E-state index in [9.17, 15) is 69.1 Å². The summed E-state index contributed by atoms with van der Waals surface area (Å²) in [5, 5.41) is 0. The molecule has 26 heavy (non-hydrogen) atoms. The predicted molar refractivity (Wildman–Crippen MR) is 65.0 cm³/mol. The van der Waals surface area contributed by atoms with Crippen molar-refractivity contribution in [3.63, 3.8) is 0 Å². The van der Waals surface area contributed by atoms with Crippen molar-refractivity contribution in [3.05, 3.63) is 30.6 Å². The predicted octanol–water partition coefficient (Wildman–Crippen LogP) is 6.28. The average Bonchev–Trinajstić information content (AvgIpc) is 2.21. The summed E-state index contributed by atoms with van der Waals surface area (Å²) in [7, 11) is -24.0. The second-order valence-electron chi connectivity index (χ2n) is 3.00. The van der Waals surface area contributed by atoms with Crippen LogP contribution in [0.15, 0.2) is 30.6 Å². The Bertz CT molecular complexity index is 298. The molecule has 0 aliphatic heterocycles. The maximum absolute atomic E-state index is 9.75. The second kappa shape index (κ2) is 14.5. The summed E-state index contributed by atoms with van der Waals surface area (Å²) in [6.07, 6.45) is 3.50. The zero-order valence-electron chi connectivity index (χ0n) is 11.7. The highest BCUT2D eigenvalue weighted by Gasteiger charge is 2.21. The van der Waals surface area contributed by atoms with Gasteiger partial charge in [-0.3, -0.25) is 4.98 Å². The summed E-state index contributed by atoms with van der Waals surface area (Å²) >= 11 is 0. The third kappa shape index (κ3) is 549. The Balaban J connectivity index is -0.000000117. The maximum Gasteiger partial charge on any atom is 0.673 e. The van der Waals surface area contributed by atoms with Crippen LogP contribution in [0, 0.1) is 0 Å². The molecule has 0 saturated heterocycles. The van der Waals surface area contributed by atoms with Gasteiger partial charge in [-0.1, -0.05) is 6.07 Å². The van der Waals surface area contributed by atoms with Crippen LogP contribution in [0.3, 0.4) is 0 Å². The van der Waals surface area contributed by atoms with Gasteiger partial charge in [-0.25, -0.2) is 0 Å². The zero-order chi connectivity index (χ0) is 22.2. The first-order valence-corrected chi connectivity index (χ1v) is 5.34. The quantitative estimate of drug-likeness (QED) is 0.351. The molecule has 0 N–H and O–H groups in total. The van der Waals surface area contributed by atoms with Crippen molar-refractivity contribution < 1.29 is 69.1 Å². The van der Waals surface area contributed by atoms with Crippen molar-refractivity contribution in [2.24, 2.45) is 0 Å². The van der Waals surface area contributed by atoms with E-state index < -0.39 is 29.0 Å². The van der Waals surface area contributed by atoms with E-state index in [1.54, 1.807) is 12.4 Å². The fourth-order valence-corrected chi connectivity index (χ4v) is 0.313. The minimum absolute atomic E-state index is 1.75. The third-order valence-corrected chi connectivity index (χ3v) is 0.566. The van der Waals surface area contributed by atoms with Gasteiger partial charge >= 0.3 is 29.0 Å². The van der Waals surface area contributed by atoms with E-state index >= 15 is 0 Å². The largest absolute Gasteiger partial charge is 0.673 e. The molecule has 0 radical (unpaired) electrons. The van der Waals surface area contributed by atoms with Crippen LogP contribution in [0.2, 0.25) is 0 Å². The topological polar surface area (TPSA) is 12.9 Å². The summed E-state index contributed by atoms with van der Waals surface area (Å²) in [6.45, 7) is 0. The van der Waals surface area contributed by atoms with Gasteiger partial charge < -0.3 is 69.1 Å². The molecule has 21 heteroatoms. The highest BCUT2D eigenvalue weighted by molar-refractivity contribution is 6.50. The van der Waals surface area contributed by atoms with Gasteiger partial charge in [0.05, 0.1) is 0 Å². The molecule has 0 aliphatic carbocycles. The van der Waals surface area contributed by atoms with Crippen molar-refractivity contribution in [2.75, 3.05) is 0 Å². The Labute approximate surface area is 135 Å². The first kappa shape index (κ1) is 32.0. The zero-order valence-corrected chi connectivity index (χ0v) is 11.7. The first-order valence-electron chi connectivity index (χ1n) is 5.34. The van der Waals surface area contributed by atoms with Gasteiger partial charge in [-0.2, -0.15) is 0 Å². The molecule has 0 saturated carbocycles. The SMILES string of the molecule is F[B-](F)(F)F.F[B-](F)(F)F.F[B-](F)(F)F.F[B-](F)(F)F.c1ccncc1. The molecule has 0 aromatic carbocycles. The van der Waals surface area contributed by atoms with Crippen LogP contribution in [0.25, 0.3) is 0 Å². The number of hydrogen-bond acceptors (Lipinski definition) is 1. The minimum atomic E-state index is -6.00. The van der Waals surface area contributed by atoms with Crippen molar-refractivity contribution >= 4 is 29.0 Å². The number of pyridine rings is 1. The Hall–Kier alpha value is -1.71. The van der Waals surface area contributed by atoms with Crippen LogP contribution in [0.4, 0.5) is 69.1 Å². The van der Waals surface area contributed by atoms with Crippen molar-refractivity contribution in [1.82, 2.24) is 4.98 Å². The van der Waals surface area contributed by atoms with E-state index in [2.05, 4.69) is 4.98 Å². The standard InChI is InChI=1S/C5H5N.4BF4/c1-2-4-6-5-3-1;4*2-1(3,4)5/h1-5H;;;;/q;4*-1. The molecule has 158 valence electrons. The molecule has 1 rings (SSSR count). The van der Waals surface area contributed by atoms with Crippen LogP contribution in [0.5, 0.6) is 0 Å². The van der Waals surface area contributed by atoms with Gasteiger partial charge in [-0.05, 0) is 12.1 Å². The lowest BCUT2D eigenvalue weighted by Crippen LogP contribution is -2.02. The second-order valence-corrected chi connectivity index (χ2v) is 3.00. The molecular formula is C5H5B4F16N-4. The van der Waals surface area contributed by atoms with E-state index in [1.807, 2.05) is 18.2 Å². The number of aromatic nitrogens is 1. The smallest absolute Gasteiger partial charge is 0.418 e. The monoisotopic (exact) mass is 427 g/mol. The van der Waals surface area contributed by atoms with Crippen molar-refractivity contribution in [1.29, 1.82) is 0 Å². The molecule has 0 spiro atoms. The summed E-state index contributed by atoms with van der Waals surface area (Å²) < 4.78 is 156. The van der Waals surface area contributed by atoms with Crippen LogP contribution in [-0.2, 0) is 0 Å². The van der Waals surface area contributed by atoms with Gasteiger partial charge in [0.2, 0.25) is 0 Å². The fourth-order valence-electron chi connectivity index (χ4n) is 0.313. The van der Waals surface area contributed by atoms with E-state index in [0.29, 0.717) is 0 Å². The molecule has 0 bridgehead atoms. The Kier molecular flexibility index (Phi) is 17.8. The van der Waals surface area contributed by atoms with Gasteiger partial charge in [-0.15, -0.1) is 0 Å². The van der Waals surface area contributed by atoms with Crippen LogP contribution >= 0.6 is 0 Å². The number of rotatable bonds is 0. The van der Waals surface area contributed by atoms with Crippen LogP contribution in [0.1, 0.15) is 0 Å². The molecule has 1 nitrogen and oxygen atoms in total. The van der Waals surface area contributed by atoms with Gasteiger partial charge in [0.25, 0.3) is 0 Å². The van der Waals surface area contributed by atoms with Crippen molar-refractivity contribution in [3.8, 4) is 0 Å². The lowest BCUT2D eigenvalue weighted by atomic mass is 10.3. The molecule has 1 aromatic rings. The maximum atomic E-state index is 9.75. The van der Waals surface area contributed by atoms with Crippen LogP contribution in [-0.4, -0.2) is 34.0 Å². The lowest BCUT2D eigenvalue weighted by Gasteiger charge is -1.94. The Morgan fingerprint density at radius 3 is 0.538 bits per heavy atom. The summed E-state index contributed by atoms with van der Waals surface area (Å²) in [4.78, 5) is 3.78. The summed E-state index contributed by atoms with van der Waals surface area (Å²) in [6, 6.07) is 5.72. The molecular weight excluding hydrogens is 421 g/mol. The summed E-state index contributed by atoms with van der Waals surface area (Å²) in [5.41, 5.74) is 0. The van der Waals surface area contributed by atoms with Gasteiger partial charge in [0, 0.05) is 12.4 Å². The summed E-state index contributed by atoms with van der Waals surface area (Å²) in [5.74, 6) is 0. The van der Waals surface area contributed by atoms with E-state index in [-0.39, 0.29) is 0 Å². The molecule has 0 unspecified atom stereocenters. The molecule has 0 amide bonds. The average molecular weight is 426 g/mol. The highest BCUT2D eigenvalue weighted by atomic mass is 19.5. The van der Waals surface area contributed by atoms with Gasteiger partial charge in [0.1, 0.15) is 0 Å². The number of halogens is 16. The normalized spacial score (nSPS) is 11.1. The molecule has 0 atom stereocenters. The van der Waals surface area contributed by atoms with E-state index in [4.69, 9.17) is 0 Å². The van der Waals surface area contributed by atoms with Gasteiger partial charge in [0.15, 0.2) is 0 Å². The highest BCUT2D eigenvalue weighted by Crippen LogP contribution is 2.08. The third-order valence-electron chi connectivity index (χ3n) is 0.566. The Morgan fingerprint density at radius 1 is 0.346 bits per heavy atom. The minimum Gasteiger partial charge on any atom is -0.418 e.